The fourth-order valence-corrected chi connectivity index (χ4v) is 3.60. The SMILES string of the molecule is C=COCCC1CCCCC1(CCOC=C)CCOC=C. The number of hydrogen-bond acceptors (Lipinski definition) is 3. The van der Waals surface area contributed by atoms with E-state index in [9.17, 15) is 0 Å². The maximum atomic E-state index is 5.40. The maximum absolute atomic E-state index is 5.40. The van der Waals surface area contributed by atoms with Crippen LogP contribution >= 0.6 is 0 Å². The predicted molar refractivity (Wildman–Crippen MR) is 86.7 cm³/mol. The van der Waals surface area contributed by atoms with E-state index in [1.165, 1.54) is 44.5 Å². The molecule has 3 heteroatoms. The number of hydrogen-bond donors (Lipinski definition) is 0. The lowest BCUT2D eigenvalue weighted by Gasteiger charge is -2.44. The molecular weight excluding hydrogens is 264 g/mol. The van der Waals surface area contributed by atoms with E-state index in [-0.39, 0.29) is 5.41 Å². The van der Waals surface area contributed by atoms with E-state index in [4.69, 9.17) is 14.2 Å². The summed E-state index contributed by atoms with van der Waals surface area (Å²) in [6.07, 6.45) is 12.9. The minimum absolute atomic E-state index is 0.287. The Morgan fingerprint density at radius 3 is 2.00 bits per heavy atom. The van der Waals surface area contributed by atoms with Crippen LogP contribution in [0.1, 0.15) is 44.9 Å². The van der Waals surface area contributed by atoms with Crippen molar-refractivity contribution in [2.45, 2.75) is 44.9 Å². The Morgan fingerprint density at radius 2 is 1.43 bits per heavy atom. The summed E-state index contributed by atoms with van der Waals surface area (Å²) in [4.78, 5) is 0. The molecule has 1 atom stereocenters. The third-order valence-corrected chi connectivity index (χ3v) is 4.72. The molecule has 21 heavy (non-hydrogen) atoms. The van der Waals surface area contributed by atoms with Crippen molar-refractivity contribution in [2.24, 2.45) is 11.3 Å². The maximum Gasteiger partial charge on any atom is 0.0878 e. The van der Waals surface area contributed by atoms with Crippen LogP contribution in [0, 0.1) is 11.3 Å². The van der Waals surface area contributed by atoms with Gasteiger partial charge in [0.15, 0.2) is 0 Å². The van der Waals surface area contributed by atoms with Gasteiger partial charge in [0.2, 0.25) is 0 Å². The molecule has 3 nitrogen and oxygen atoms in total. The fraction of sp³-hybridized carbons (Fsp3) is 0.667. The van der Waals surface area contributed by atoms with Gasteiger partial charge in [0, 0.05) is 0 Å². The third-order valence-electron chi connectivity index (χ3n) is 4.72. The molecule has 0 N–H and O–H groups in total. The van der Waals surface area contributed by atoms with Crippen LogP contribution in [0.25, 0.3) is 0 Å². The van der Waals surface area contributed by atoms with Crippen molar-refractivity contribution in [1.29, 1.82) is 0 Å². The van der Waals surface area contributed by atoms with Crippen LogP contribution in [0.4, 0.5) is 0 Å². The first-order valence-corrected chi connectivity index (χ1v) is 7.96. The van der Waals surface area contributed by atoms with Crippen molar-refractivity contribution < 1.29 is 14.2 Å². The molecule has 120 valence electrons. The van der Waals surface area contributed by atoms with Gasteiger partial charge >= 0.3 is 0 Å². The molecule has 0 saturated heterocycles. The lowest BCUT2D eigenvalue weighted by Crippen LogP contribution is -2.36. The van der Waals surface area contributed by atoms with Gasteiger partial charge in [-0.2, -0.15) is 0 Å². The summed E-state index contributed by atoms with van der Waals surface area (Å²) in [6, 6.07) is 0. The van der Waals surface area contributed by atoms with Crippen LogP contribution in [0.15, 0.2) is 38.5 Å². The summed E-state index contributed by atoms with van der Waals surface area (Å²) in [5.74, 6) is 0.660. The molecule has 1 rings (SSSR count). The zero-order valence-corrected chi connectivity index (χ0v) is 13.2. The van der Waals surface area contributed by atoms with E-state index in [0.29, 0.717) is 5.92 Å². The van der Waals surface area contributed by atoms with Crippen LogP contribution in [0.5, 0.6) is 0 Å². The fourth-order valence-electron chi connectivity index (χ4n) is 3.60. The Balaban J connectivity index is 2.67. The topological polar surface area (TPSA) is 27.7 Å². The number of rotatable bonds is 12. The van der Waals surface area contributed by atoms with Crippen molar-refractivity contribution in [1.82, 2.24) is 0 Å². The highest BCUT2D eigenvalue weighted by Gasteiger charge is 2.39. The molecular formula is C18H30O3. The number of ether oxygens (including phenoxy) is 3. The van der Waals surface area contributed by atoms with E-state index in [1.807, 2.05) is 0 Å². The zero-order valence-electron chi connectivity index (χ0n) is 13.2. The van der Waals surface area contributed by atoms with Gasteiger partial charge in [-0.05, 0) is 43.4 Å². The summed E-state index contributed by atoms with van der Waals surface area (Å²) in [7, 11) is 0. The van der Waals surface area contributed by atoms with Gasteiger partial charge in [-0.15, -0.1) is 0 Å². The Labute approximate surface area is 129 Å². The Kier molecular flexibility index (Phi) is 8.72. The van der Waals surface area contributed by atoms with E-state index >= 15 is 0 Å². The second kappa shape index (κ2) is 10.4. The molecule has 0 heterocycles. The van der Waals surface area contributed by atoms with E-state index in [2.05, 4.69) is 19.7 Å². The average molecular weight is 294 g/mol. The van der Waals surface area contributed by atoms with Gasteiger partial charge in [-0.25, -0.2) is 0 Å². The molecule has 0 spiro atoms. The van der Waals surface area contributed by atoms with Crippen molar-refractivity contribution in [3.63, 3.8) is 0 Å². The van der Waals surface area contributed by atoms with Gasteiger partial charge in [0.1, 0.15) is 0 Å². The minimum Gasteiger partial charge on any atom is -0.502 e. The van der Waals surface area contributed by atoms with Crippen LogP contribution in [-0.2, 0) is 14.2 Å². The summed E-state index contributed by atoms with van der Waals surface area (Å²) < 4.78 is 16.1. The van der Waals surface area contributed by atoms with Crippen molar-refractivity contribution >= 4 is 0 Å². The Bertz CT molecular complexity index is 298. The Hall–Kier alpha value is -1.38. The van der Waals surface area contributed by atoms with E-state index in [0.717, 1.165) is 39.1 Å². The summed E-state index contributed by atoms with van der Waals surface area (Å²) >= 11 is 0. The van der Waals surface area contributed by atoms with Gasteiger partial charge in [-0.1, -0.05) is 32.6 Å². The highest BCUT2D eigenvalue weighted by Crippen LogP contribution is 2.48. The highest BCUT2D eigenvalue weighted by molar-refractivity contribution is 4.90. The lowest BCUT2D eigenvalue weighted by molar-refractivity contribution is 0.0145. The molecule has 0 aromatic rings. The summed E-state index contributed by atoms with van der Waals surface area (Å²) in [6.45, 7) is 13.1. The van der Waals surface area contributed by atoms with E-state index < -0.39 is 0 Å². The molecule has 0 aromatic carbocycles. The monoisotopic (exact) mass is 294 g/mol. The second-order valence-corrected chi connectivity index (χ2v) is 5.71. The molecule has 0 amide bonds. The molecule has 0 aliphatic heterocycles. The van der Waals surface area contributed by atoms with Crippen molar-refractivity contribution in [3.8, 4) is 0 Å². The molecule has 0 radical (unpaired) electrons. The van der Waals surface area contributed by atoms with Gasteiger partial charge in [0.25, 0.3) is 0 Å². The normalized spacial score (nSPS) is 20.3. The lowest BCUT2D eigenvalue weighted by atomic mass is 9.62. The summed E-state index contributed by atoms with van der Waals surface area (Å²) in [5.41, 5.74) is 0.287. The van der Waals surface area contributed by atoms with Crippen molar-refractivity contribution in [3.05, 3.63) is 38.5 Å². The van der Waals surface area contributed by atoms with Crippen LogP contribution < -0.4 is 0 Å². The second-order valence-electron chi connectivity index (χ2n) is 5.71. The van der Waals surface area contributed by atoms with E-state index in [1.54, 1.807) is 0 Å². The molecule has 0 bridgehead atoms. The predicted octanol–water partition coefficient (Wildman–Crippen LogP) is 4.81. The molecule has 1 aliphatic carbocycles. The van der Waals surface area contributed by atoms with Crippen LogP contribution in [-0.4, -0.2) is 19.8 Å². The molecule has 1 saturated carbocycles. The van der Waals surface area contributed by atoms with Crippen LogP contribution in [0.3, 0.4) is 0 Å². The van der Waals surface area contributed by atoms with Crippen molar-refractivity contribution in [2.75, 3.05) is 19.8 Å². The molecule has 1 fully saturated rings. The first kappa shape index (κ1) is 17.7. The Morgan fingerprint density at radius 1 is 0.857 bits per heavy atom. The average Bonchev–Trinajstić information content (AvgIpc) is 2.50. The van der Waals surface area contributed by atoms with Gasteiger partial charge in [0.05, 0.1) is 38.6 Å². The largest absolute Gasteiger partial charge is 0.502 e. The first-order valence-electron chi connectivity index (χ1n) is 7.96. The van der Waals surface area contributed by atoms with Gasteiger partial charge < -0.3 is 14.2 Å². The standard InChI is InChI=1S/C18H30O3/c1-4-19-14-10-17-9-7-8-11-18(17,12-15-20-5-2)13-16-21-6-3/h4-6,17H,1-3,7-16H2. The first-order chi connectivity index (χ1) is 10.3. The highest BCUT2D eigenvalue weighted by atomic mass is 16.5. The molecule has 1 aliphatic rings. The molecule has 0 aromatic heterocycles. The smallest absolute Gasteiger partial charge is 0.0878 e. The molecule has 1 unspecified atom stereocenters. The van der Waals surface area contributed by atoms with Gasteiger partial charge in [-0.3, -0.25) is 0 Å². The minimum atomic E-state index is 0.287. The van der Waals surface area contributed by atoms with Crippen LogP contribution in [0.2, 0.25) is 0 Å². The zero-order chi connectivity index (χ0) is 15.4. The quantitative estimate of drug-likeness (QED) is 0.382. The third kappa shape index (κ3) is 5.86. The summed E-state index contributed by atoms with van der Waals surface area (Å²) in [5, 5.41) is 0.